The van der Waals surface area contributed by atoms with Crippen molar-refractivity contribution in [3.8, 4) is 5.75 Å². The van der Waals surface area contributed by atoms with E-state index in [-0.39, 0.29) is 5.56 Å². The molecule has 1 N–H and O–H groups in total. The first kappa shape index (κ1) is 15.4. The van der Waals surface area contributed by atoms with Crippen LogP contribution >= 0.6 is 11.6 Å². The molecule has 0 aliphatic rings. The zero-order chi connectivity index (χ0) is 17.4. The number of nitrogens with zero attached hydrogens (tertiary/aromatic N) is 3. The summed E-state index contributed by atoms with van der Waals surface area (Å²) < 4.78 is 6.43. The number of aromatic amines is 1. The number of benzene rings is 2. The molecular weight excluding hydrogens is 340 g/mol. The Morgan fingerprint density at radius 3 is 2.80 bits per heavy atom. The molecular formula is C18H13ClN4O2. The molecule has 2 aromatic heterocycles. The monoisotopic (exact) mass is 352 g/mol. The molecule has 6 nitrogen and oxygen atoms in total. The van der Waals surface area contributed by atoms with Gasteiger partial charge in [-0.05, 0) is 35.9 Å². The van der Waals surface area contributed by atoms with Crippen LogP contribution in [0.15, 0.2) is 58.7 Å². The molecule has 0 fully saturated rings. The van der Waals surface area contributed by atoms with E-state index in [1.54, 1.807) is 25.5 Å². The van der Waals surface area contributed by atoms with Gasteiger partial charge < -0.3 is 9.72 Å². The third-order valence-electron chi connectivity index (χ3n) is 3.90. The Morgan fingerprint density at radius 2 is 2.04 bits per heavy atom. The molecule has 0 atom stereocenters. The molecule has 0 spiro atoms. The summed E-state index contributed by atoms with van der Waals surface area (Å²) >= 11 is 5.86. The molecule has 0 saturated heterocycles. The van der Waals surface area contributed by atoms with E-state index in [0.29, 0.717) is 21.8 Å². The van der Waals surface area contributed by atoms with Crippen LogP contribution in [0.1, 0.15) is 5.56 Å². The molecule has 0 radical (unpaired) electrons. The summed E-state index contributed by atoms with van der Waals surface area (Å²) in [7, 11) is 1.60. The standard InChI is InChI=1S/C18H13ClN4O2/c1-25-13-6-7-15-14(8-13)16-17(22-15)18(24)23(10-20-16)21-9-11-2-4-12(19)5-3-11/h2-10,22H,1H3/b21-9-. The van der Waals surface area contributed by atoms with Crippen molar-refractivity contribution in [2.45, 2.75) is 0 Å². The SMILES string of the molecule is COc1ccc2[nH]c3c(=O)n(/N=C\c4ccc(Cl)cc4)cnc3c2c1. The van der Waals surface area contributed by atoms with E-state index in [1.165, 1.54) is 11.0 Å². The van der Waals surface area contributed by atoms with E-state index in [0.717, 1.165) is 16.5 Å². The van der Waals surface area contributed by atoms with Crippen molar-refractivity contribution in [3.05, 3.63) is 69.7 Å². The van der Waals surface area contributed by atoms with Crippen LogP contribution in [0.25, 0.3) is 21.9 Å². The van der Waals surface area contributed by atoms with Gasteiger partial charge in [0.1, 0.15) is 23.1 Å². The normalized spacial score (nSPS) is 11.6. The maximum absolute atomic E-state index is 12.7. The number of hydrogen-bond donors (Lipinski definition) is 1. The van der Waals surface area contributed by atoms with Crippen LogP contribution in [0.4, 0.5) is 0 Å². The van der Waals surface area contributed by atoms with Crippen LogP contribution in [-0.2, 0) is 0 Å². The molecule has 2 heterocycles. The lowest BCUT2D eigenvalue weighted by Gasteiger charge is -1.99. The molecule has 0 unspecified atom stereocenters. The van der Waals surface area contributed by atoms with Gasteiger partial charge in [0.15, 0.2) is 0 Å². The summed E-state index contributed by atoms with van der Waals surface area (Å²) in [5, 5.41) is 5.67. The number of hydrogen-bond acceptors (Lipinski definition) is 4. The predicted molar refractivity (Wildman–Crippen MR) is 98.9 cm³/mol. The number of aromatic nitrogens is 3. The minimum atomic E-state index is -0.273. The molecule has 0 aliphatic heterocycles. The Labute approximate surface area is 147 Å². The summed E-state index contributed by atoms with van der Waals surface area (Å²) in [6, 6.07) is 12.7. The fourth-order valence-electron chi connectivity index (χ4n) is 2.61. The molecule has 0 amide bonds. The van der Waals surface area contributed by atoms with Crippen molar-refractivity contribution in [2.75, 3.05) is 7.11 Å². The average molecular weight is 353 g/mol. The highest BCUT2D eigenvalue weighted by Crippen LogP contribution is 2.25. The molecule has 2 aromatic carbocycles. The minimum absolute atomic E-state index is 0.273. The van der Waals surface area contributed by atoms with Gasteiger partial charge in [0.05, 0.1) is 13.3 Å². The van der Waals surface area contributed by atoms with Gasteiger partial charge in [-0.2, -0.15) is 9.78 Å². The summed E-state index contributed by atoms with van der Waals surface area (Å²) in [6.07, 6.45) is 2.99. The Bertz CT molecular complexity index is 1160. The van der Waals surface area contributed by atoms with E-state index in [1.807, 2.05) is 30.3 Å². The summed E-state index contributed by atoms with van der Waals surface area (Å²) in [5.41, 5.74) is 2.37. The quantitative estimate of drug-likeness (QED) is 0.574. The Balaban J connectivity index is 1.81. The van der Waals surface area contributed by atoms with E-state index in [4.69, 9.17) is 16.3 Å². The zero-order valence-corrected chi connectivity index (χ0v) is 14.0. The van der Waals surface area contributed by atoms with Crippen molar-refractivity contribution in [2.24, 2.45) is 5.10 Å². The van der Waals surface area contributed by atoms with Crippen molar-refractivity contribution >= 4 is 39.8 Å². The zero-order valence-electron chi connectivity index (χ0n) is 13.2. The van der Waals surface area contributed by atoms with E-state index < -0.39 is 0 Å². The molecule has 124 valence electrons. The van der Waals surface area contributed by atoms with E-state index >= 15 is 0 Å². The number of nitrogens with one attached hydrogen (secondary N) is 1. The summed E-state index contributed by atoms with van der Waals surface area (Å²) in [6.45, 7) is 0. The Kier molecular flexibility index (Phi) is 3.74. The van der Waals surface area contributed by atoms with Gasteiger partial charge in [0.25, 0.3) is 5.56 Å². The number of rotatable bonds is 3. The van der Waals surface area contributed by atoms with Gasteiger partial charge in [0, 0.05) is 15.9 Å². The van der Waals surface area contributed by atoms with E-state index in [9.17, 15) is 4.79 Å². The van der Waals surface area contributed by atoms with Crippen LogP contribution in [0, 0.1) is 0 Å². The fourth-order valence-corrected chi connectivity index (χ4v) is 2.74. The highest BCUT2D eigenvalue weighted by atomic mass is 35.5. The number of halogens is 1. The van der Waals surface area contributed by atoms with Gasteiger partial charge in [0.2, 0.25) is 0 Å². The first-order chi connectivity index (χ1) is 12.2. The van der Waals surface area contributed by atoms with Crippen molar-refractivity contribution in [3.63, 3.8) is 0 Å². The first-order valence-electron chi connectivity index (χ1n) is 7.53. The minimum Gasteiger partial charge on any atom is -0.497 e. The van der Waals surface area contributed by atoms with Gasteiger partial charge >= 0.3 is 0 Å². The largest absolute Gasteiger partial charge is 0.497 e. The van der Waals surface area contributed by atoms with Crippen LogP contribution in [0.3, 0.4) is 0 Å². The highest BCUT2D eigenvalue weighted by Gasteiger charge is 2.11. The topological polar surface area (TPSA) is 72.3 Å². The molecule has 0 bridgehead atoms. The van der Waals surface area contributed by atoms with Crippen LogP contribution < -0.4 is 10.3 Å². The first-order valence-corrected chi connectivity index (χ1v) is 7.90. The highest BCUT2D eigenvalue weighted by molar-refractivity contribution is 6.30. The lowest BCUT2D eigenvalue weighted by molar-refractivity contribution is 0.415. The van der Waals surface area contributed by atoms with Gasteiger partial charge in [-0.1, -0.05) is 23.7 Å². The second-order valence-corrected chi connectivity index (χ2v) is 5.89. The smallest absolute Gasteiger partial charge is 0.298 e. The number of H-pyrrole nitrogens is 1. The molecule has 25 heavy (non-hydrogen) atoms. The molecule has 4 aromatic rings. The van der Waals surface area contributed by atoms with Crippen molar-refractivity contribution in [1.82, 2.24) is 14.6 Å². The molecule has 4 rings (SSSR count). The van der Waals surface area contributed by atoms with Crippen molar-refractivity contribution < 1.29 is 4.74 Å². The summed E-state index contributed by atoms with van der Waals surface area (Å²) in [5.74, 6) is 0.708. The van der Waals surface area contributed by atoms with Crippen molar-refractivity contribution in [1.29, 1.82) is 0 Å². The van der Waals surface area contributed by atoms with Crippen LogP contribution in [0.5, 0.6) is 5.75 Å². The molecule has 0 saturated carbocycles. The molecule has 0 aliphatic carbocycles. The number of ether oxygens (including phenoxy) is 1. The third-order valence-corrected chi connectivity index (χ3v) is 4.15. The Morgan fingerprint density at radius 1 is 1.24 bits per heavy atom. The average Bonchev–Trinajstić information content (AvgIpc) is 3.01. The lowest BCUT2D eigenvalue weighted by atomic mass is 10.2. The number of fused-ring (bicyclic) bond motifs is 3. The Hall–Kier alpha value is -3.12. The number of methoxy groups -OCH3 is 1. The maximum atomic E-state index is 12.7. The summed E-state index contributed by atoms with van der Waals surface area (Å²) in [4.78, 5) is 20.1. The van der Waals surface area contributed by atoms with Crippen LogP contribution in [0.2, 0.25) is 5.02 Å². The lowest BCUT2D eigenvalue weighted by Crippen LogP contribution is -2.17. The predicted octanol–water partition coefficient (Wildman–Crippen LogP) is 3.42. The van der Waals surface area contributed by atoms with Gasteiger partial charge in [-0.3, -0.25) is 4.79 Å². The van der Waals surface area contributed by atoms with Crippen LogP contribution in [-0.4, -0.2) is 28.0 Å². The van der Waals surface area contributed by atoms with Gasteiger partial charge in [-0.25, -0.2) is 4.98 Å². The van der Waals surface area contributed by atoms with Gasteiger partial charge in [-0.15, -0.1) is 0 Å². The second kappa shape index (κ2) is 6.07. The maximum Gasteiger partial charge on any atom is 0.298 e. The fraction of sp³-hybridized carbons (Fsp3) is 0.0556. The second-order valence-electron chi connectivity index (χ2n) is 5.45. The van der Waals surface area contributed by atoms with E-state index in [2.05, 4.69) is 15.1 Å². The third kappa shape index (κ3) is 2.77. The molecule has 7 heteroatoms.